The highest BCUT2D eigenvalue weighted by atomic mass is 31.2. The number of hydrogen-bond acceptors (Lipinski definition) is 18. The number of nitrogens with two attached hydrogens (primary N) is 2. The number of nitrogens with zero attached hydrogens (tertiary/aromatic N) is 7. The highest BCUT2D eigenvalue weighted by molar-refractivity contribution is 7.51. The van der Waals surface area contributed by atoms with Gasteiger partial charge in [-0.15, -0.1) is 0 Å². The number of nitrogen functional groups attached to an aromatic ring is 2. The van der Waals surface area contributed by atoms with Crippen LogP contribution in [0.3, 0.4) is 0 Å². The Morgan fingerprint density at radius 1 is 1.04 bits per heavy atom. The molecule has 47 heavy (non-hydrogen) atoms. The van der Waals surface area contributed by atoms with Gasteiger partial charge in [-0.1, -0.05) is 0 Å². The Hall–Kier alpha value is -3.44. The second-order valence-electron chi connectivity index (χ2n) is 11.1. The zero-order valence-electron chi connectivity index (χ0n) is 24.0. The van der Waals surface area contributed by atoms with Gasteiger partial charge in [-0.2, -0.15) is 4.98 Å². The predicted molar refractivity (Wildman–Crippen MR) is 153 cm³/mol. The number of nitrogens with one attached hydrogen (secondary N) is 1. The molecule has 3 saturated heterocycles. The monoisotopic (exact) mass is 702 g/mol. The molecule has 9 N–H and O–H groups in total. The Morgan fingerprint density at radius 2 is 1.77 bits per heavy atom. The Labute approximate surface area is 261 Å². The van der Waals surface area contributed by atoms with E-state index in [9.17, 15) is 33.9 Å². The summed E-state index contributed by atoms with van der Waals surface area (Å²) in [4.78, 5) is 55.2. The van der Waals surface area contributed by atoms with Crippen LogP contribution >= 0.6 is 15.4 Å². The van der Waals surface area contributed by atoms with Crippen molar-refractivity contribution in [2.45, 2.75) is 48.6 Å². The minimum absolute atomic E-state index is 0.0432. The van der Waals surface area contributed by atoms with Crippen LogP contribution in [0.4, 0.5) is 11.8 Å². The van der Waals surface area contributed by atoms with Crippen LogP contribution in [0.15, 0.2) is 23.8 Å². The van der Waals surface area contributed by atoms with Crippen LogP contribution in [0.5, 0.6) is 0 Å². The van der Waals surface area contributed by atoms with Gasteiger partial charge in [-0.05, 0) is 0 Å². The largest absolute Gasteiger partial charge is 0.472 e. The second kappa shape index (κ2) is 11.3. The number of aromatic amines is 1. The van der Waals surface area contributed by atoms with Crippen molar-refractivity contribution in [2.75, 3.05) is 38.0 Å². The number of phosphoric acid groups is 1. The first-order valence-electron chi connectivity index (χ1n) is 13.7. The second-order valence-corrected chi connectivity index (χ2v) is 14.4. The van der Waals surface area contributed by atoms with Crippen molar-refractivity contribution >= 4 is 49.5 Å². The Balaban J connectivity index is 1.10. The topological polar surface area (TPSA) is 330 Å². The molecule has 4 aromatic heterocycles. The Bertz CT molecular complexity index is 2000. The summed E-state index contributed by atoms with van der Waals surface area (Å²) in [6.07, 6.45) is -5.87. The summed E-state index contributed by atoms with van der Waals surface area (Å²) in [5.74, 6) is -0.141. The van der Waals surface area contributed by atoms with Crippen LogP contribution in [0, 0.1) is 0 Å². The fourth-order valence-corrected chi connectivity index (χ4v) is 7.18. The fourth-order valence-electron chi connectivity index (χ4n) is 5.73. The average molecular weight is 702 g/mol. The van der Waals surface area contributed by atoms with Gasteiger partial charge in [-0.25, -0.2) is 24.5 Å². The zero-order valence-corrected chi connectivity index (χ0v) is 25.8. The summed E-state index contributed by atoms with van der Waals surface area (Å²) in [7, 11) is -9.12. The molecule has 23 nitrogen and oxygen atoms in total. The predicted octanol–water partition coefficient (Wildman–Crippen LogP) is -2.26. The van der Waals surface area contributed by atoms with Gasteiger partial charge in [-0.3, -0.25) is 32.5 Å². The molecule has 2 bridgehead atoms. The van der Waals surface area contributed by atoms with Crippen molar-refractivity contribution in [1.82, 2.24) is 39.0 Å². The van der Waals surface area contributed by atoms with Gasteiger partial charge in [0.25, 0.3) is 5.56 Å². The van der Waals surface area contributed by atoms with Gasteiger partial charge in [0.2, 0.25) is 5.95 Å². The number of hydrogen-bond donors (Lipinski definition) is 7. The standard InChI is InChI=1S/C22H28N10O13P2/c1-46(36,37)42-4-22-3-40-13(20(44-22)31-6-27-9-15(23)25-5-26-16(9)31)14(22)45-47(38,39)41-2-8-11(33)12(34)19(43-8)32-7-28-10-17(32)29-21(24)30-18(10)35/h5-8,11-14,19-20,33-34H,2-4H2,1H3,(H,36,37)(H,38,39)(H2,23,25,26)(H3,24,29,30,35)/t8-,11?,12+,13+,14?,19-,20-,22-/m1/s1. The maximum atomic E-state index is 13.3. The van der Waals surface area contributed by atoms with E-state index in [4.69, 9.17) is 39.2 Å². The van der Waals surface area contributed by atoms with E-state index in [1.54, 1.807) is 0 Å². The van der Waals surface area contributed by atoms with Gasteiger partial charge in [0.05, 0.1) is 32.5 Å². The lowest BCUT2D eigenvalue weighted by atomic mass is 10.0. The van der Waals surface area contributed by atoms with Gasteiger partial charge in [0, 0.05) is 6.66 Å². The zero-order chi connectivity index (χ0) is 33.5. The van der Waals surface area contributed by atoms with E-state index in [0.717, 1.165) is 13.0 Å². The first-order valence-corrected chi connectivity index (χ1v) is 17.3. The first kappa shape index (κ1) is 32.1. The van der Waals surface area contributed by atoms with E-state index in [0.29, 0.717) is 0 Å². The molecule has 3 aliphatic rings. The third-order valence-electron chi connectivity index (χ3n) is 7.89. The van der Waals surface area contributed by atoms with E-state index in [-0.39, 0.29) is 40.7 Å². The number of rotatable bonds is 10. The molecule has 0 aromatic carbocycles. The molecule has 0 spiro atoms. The quantitative estimate of drug-likeness (QED) is 0.0857. The first-order chi connectivity index (χ1) is 22.2. The molecule has 10 atom stereocenters. The minimum atomic E-state index is -5.06. The van der Waals surface area contributed by atoms with Crippen molar-refractivity contribution < 1.29 is 56.9 Å². The van der Waals surface area contributed by atoms with E-state index >= 15 is 0 Å². The number of phosphoric ester groups is 1. The molecule has 0 radical (unpaired) electrons. The minimum Gasteiger partial charge on any atom is -0.387 e. The lowest BCUT2D eigenvalue weighted by molar-refractivity contribution is -0.182. The van der Waals surface area contributed by atoms with Crippen LogP contribution in [0.1, 0.15) is 12.5 Å². The van der Waals surface area contributed by atoms with Crippen LogP contribution in [-0.4, -0.2) is 122 Å². The van der Waals surface area contributed by atoms with E-state index < -0.39 is 82.8 Å². The van der Waals surface area contributed by atoms with Crippen LogP contribution in [0.2, 0.25) is 0 Å². The third kappa shape index (κ3) is 5.63. The maximum absolute atomic E-state index is 13.3. The highest BCUT2D eigenvalue weighted by Gasteiger charge is 2.65. The molecule has 4 aromatic rings. The fraction of sp³-hybridized carbons (Fsp3) is 0.545. The number of H-pyrrole nitrogens is 1. The lowest BCUT2D eigenvalue weighted by Crippen LogP contribution is -2.45. The molecule has 0 saturated carbocycles. The molecule has 7 rings (SSSR count). The van der Waals surface area contributed by atoms with Gasteiger partial charge in [0.1, 0.15) is 48.0 Å². The molecular weight excluding hydrogens is 674 g/mol. The third-order valence-corrected chi connectivity index (χ3v) is 9.47. The van der Waals surface area contributed by atoms with E-state index in [2.05, 4.69) is 29.9 Å². The van der Waals surface area contributed by atoms with Gasteiger partial charge < -0.3 is 50.2 Å². The van der Waals surface area contributed by atoms with Crippen molar-refractivity contribution in [1.29, 1.82) is 0 Å². The molecule has 3 fully saturated rings. The summed E-state index contributed by atoms with van der Waals surface area (Å²) in [5, 5.41) is 21.4. The van der Waals surface area contributed by atoms with Gasteiger partial charge >= 0.3 is 15.4 Å². The number of anilines is 2. The number of ether oxygens (including phenoxy) is 3. The number of aromatic nitrogens is 8. The number of imidazole rings is 2. The van der Waals surface area contributed by atoms with Crippen molar-refractivity contribution in [3.05, 3.63) is 29.3 Å². The SMILES string of the molecule is CP(=O)(O)OC[C@]12CO[C@@H](C1OP(=O)(O)OC[C@H]1O[C@@H](n3cnc4c(=O)[nH]c(N)nc43)[C@@H](O)C1O)[C@H](n1cnc3c(N)ncnc31)O2. The van der Waals surface area contributed by atoms with E-state index in [1.165, 1.54) is 21.8 Å². The Morgan fingerprint density at radius 3 is 2.51 bits per heavy atom. The lowest BCUT2D eigenvalue weighted by Gasteiger charge is -2.31. The summed E-state index contributed by atoms with van der Waals surface area (Å²) < 4.78 is 61.5. The molecule has 3 aliphatic heterocycles. The van der Waals surface area contributed by atoms with E-state index in [1.807, 2.05) is 0 Å². The van der Waals surface area contributed by atoms with Crippen LogP contribution < -0.4 is 17.0 Å². The molecule has 7 heterocycles. The number of aliphatic hydroxyl groups is 2. The highest BCUT2D eigenvalue weighted by Crippen LogP contribution is 2.56. The molecule has 0 aliphatic carbocycles. The van der Waals surface area contributed by atoms with Crippen LogP contribution in [0.25, 0.3) is 22.3 Å². The maximum Gasteiger partial charge on any atom is 0.472 e. The molecular formula is C22H28N10O13P2. The van der Waals surface area contributed by atoms with Gasteiger partial charge in [0.15, 0.2) is 35.1 Å². The van der Waals surface area contributed by atoms with Crippen molar-refractivity contribution in [2.24, 2.45) is 0 Å². The number of aliphatic hydroxyl groups excluding tert-OH is 2. The van der Waals surface area contributed by atoms with Crippen LogP contribution in [-0.2, 0) is 36.9 Å². The summed E-state index contributed by atoms with van der Waals surface area (Å²) >= 11 is 0. The van der Waals surface area contributed by atoms with Crippen molar-refractivity contribution in [3.8, 4) is 0 Å². The molecule has 4 unspecified atom stereocenters. The Kier molecular flexibility index (Phi) is 7.74. The average Bonchev–Trinajstić information content (AvgIpc) is 3.80. The summed E-state index contributed by atoms with van der Waals surface area (Å²) in [5.41, 5.74) is 9.53. The smallest absolute Gasteiger partial charge is 0.387 e. The van der Waals surface area contributed by atoms with Crippen molar-refractivity contribution in [3.63, 3.8) is 0 Å². The summed E-state index contributed by atoms with van der Waals surface area (Å²) in [6, 6.07) is 0. The molecule has 254 valence electrons. The normalized spacial score (nSPS) is 33.1. The molecule has 25 heteroatoms. The molecule has 0 amide bonds. The summed E-state index contributed by atoms with van der Waals surface area (Å²) in [6.45, 7) is -0.661. The number of fused-ring (bicyclic) bond motifs is 4.